The third kappa shape index (κ3) is 4.55. The van der Waals surface area contributed by atoms with Crippen LogP contribution in [0.4, 0.5) is 5.69 Å². The van der Waals surface area contributed by atoms with Gasteiger partial charge in [0.25, 0.3) is 5.91 Å². The number of hydrogen-bond acceptors (Lipinski definition) is 5. The minimum absolute atomic E-state index is 0.0517. The molecule has 3 rings (SSSR count). The molecule has 28 heavy (non-hydrogen) atoms. The van der Waals surface area contributed by atoms with E-state index in [2.05, 4.69) is 5.32 Å². The minimum Gasteiger partial charge on any atom is -0.379 e. The number of rotatable bonds is 5. The maximum Gasteiger partial charge on any atom is 0.339 e. The van der Waals surface area contributed by atoms with Crippen LogP contribution in [0.3, 0.4) is 0 Å². The van der Waals surface area contributed by atoms with Gasteiger partial charge in [-0.15, -0.1) is 0 Å². The molecule has 0 aliphatic heterocycles. The van der Waals surface area contributed by atoms with Gasteiger partial charge in [0.1, 0.15) is 10.6 Å². The maximum atomic E-state index is 12.4. The quantitative estimate of drug-likeness (QED) is 0.665. The molecule has 140 valence electrons. The highest BCUT2D eigenvalue weighted by atomic mass is 32.2. The second kappa shape index (κ2) is 7.94. The van der Waals surface area contributed by atoms with E-state index < -0.39 is 10.1 Å². The lowest BCUT2D eigenvalue weighted by molar-refractivity contribution is 0.102. The Bertz CT molecular complexity index is 1160. The molecule has 0 saturated carbocycles. The molecule has 0 aromatic heterocycles. The van der Waals surface area contributed by atoms with Crippen molar-refractivity contribution in [3.8, 4) is 11.8 Å². The van der Waals surface area contributed by atoms with Crippen molar-refractivity contribution in [2.24, 2.45) is 0 Å². The molecule has 7 heteroatoms. The smallest absolute Gasteiger partial charge is 0.339 e. The first kappa shape index (κ1) is 19.1. The Morgan fingerprint density at radius 1 is 1.00 bits per heavy atom. The van der Waals surface area contributed by atoms with Gasteiger partial charge in [0.05, 0.1) is 11.6 Å². The lowest BCUT2D eigenvalue weighted by Gasteiger charge is -2.09. The summed E-state index contributed by atoms with van der Waals surface area (Å²) in [6, 6.07) is 20.6. The zero-order chi connectivity index (χ0) is 20.1. The first-order valence-electron chi connectivity index (χ1n) is 8.30. The number of benzene rings is 3. The maximum absolute atomic E-state index is 12.4. The highest BCUT2D eigenvalue weighted by Gasteiger charge is 2.17. The van der Waals surface area contributed by atoms with Gasteiger partial charge in [-0.1, -0.05) is 23.8 Å². The highest BCUT2D eigenvalue weighted by molar-refractivity contribution is 7.87. The van der Waals surface area contributed by atoms with Crippen LogP contribution in [0.1, 0.15) is 21.5 Å². The topological polar surface area (TPSA) is 96.3 Å². The van der Waals surface area contributed by atoms with Gasteiger partial charge in [-0.3, -0.25) is 4.79 Å². The molecule has 0 unspecified atom stereocenters. The zero-order valence-electron chi connectivity index (χ0n) is 14.9. The Labute approximate surface area is 163 Å². The van der Waals surface area contributed by atoms with Crippen LogP contribution in [0.5, 0.6) is 5.75 Å². The van der Waals surface area contributed by atoms with Gasteiger partial charge in [0.2, 0.25) is 0 Å². The standard InChI is InChI=1S/C21H16N2O4S/c1-15-4-2-6-17(12-15)21(24)23-18-8-10-20(11-9-18)28(25,26)27-19-7-3-5-16(13-19)14-22/h2-13H,1H3,(H,23,24). The highest BCUT2D eigenvalue weighted by Crippen LogP contribution is 2.21. The molecule has 0 bridgehead atoms. The van der Waals surface area contributed by atoms with Gasteiger partial charge >= 0.3 is 10.1 Å². The number of nitriles is 1. The Hall–Kier alpha value is -3.63. The van der Waals surface area contributed by atoms with E-state index in [1.807, 2.05) is 19.1 Å². The normalized spacial score (nSPS) is 10.7. The van der Waals surface area contributed by atoms with Crippen molar-refractivity contribution in [2.75, 3.05) is 5.32 Å². The van der Waals surface area contributed by atoms with Gasteiger partial charge in [-0.25, -0.2) is 0 Å². The number of carbonyl (C=O) groups excluding carboxylic acids is 1. The molecule has 1 amide bonds. The van der Waals surface area contributed by atoms with Gasteiger partial charge < -0.3 is 9.50 Å². The molecule has 3 aromatic rings. The van der Waals surface area contributed by atoms with Crippen molar-refractivity contribution in [2.45, 2.75) is 11.8 Å². The Kier molecular flexibility index (Phi) is 5.43. The third-order valence-corrected chi connectivity index (χ3v) is 5.11. The van der Waals surface area contributed by atoms with Crippen LogP contribution in [0.2, 0.25) is 0 Å². The number of anilines is 1. The minimum atomic E-state index is -4.06. The fraction of sp³-hybridized carbons (Fsp3) is 0.0476. The van der Waals surface area contributed by atoms with Crippen molar-refractivity contribution in [1.82, 2.24) is 0 Å². The Balaban J connectivity index is 1.74. The fourth-order valence-corrected chi connectivity index (χ4v) is 3.41. The number of nitrogens with one attached hydrogen (secondary N) is 1. The molecule has 0 fully saturated rings. The summed E-state index contributed by atoms with van der Waals surface area (Å²) in [6.45, 7) is 1.89. The first-order chi connectivity index (χ1) is 13.4. The van der Waals surface area contributed by atoms with Crippen molar-refractivity contribution in [1.29, 1.82) is 5.26 Å². The van der Waals surface area contributed by atoms with E-state index in [-0.39, 0.29) is 16.6 Å². The molecule has 0 saturated heterocycles. The first-order valence-corrected chi connectivity index (χ1v) is 9.71. The summed E-state index contributed by atoms with van der Waals surface area (Å²) >= 11 is 0. The molecule has 6 nitrogen and oxygen atoms in total. The molecular formula is C21H16N2O4S. The summed E-state index contributed by atoms with van der Waals surface area (Å²) in [5.74, 6) is -0.236. The van der Waals surface area contributed by atoms with Crippen molar-refractivity contribution >= 4 is 21.7 Å². The second-order valence-corrected chi connectivity index (χ2v) is 7.57. The van der Waals surface area contributed by atoms with Crippen LogP contribution in [0.25, 0.3) is 0 Å². The van der Waals surface area contributed by atoms with Crippen LogP contribution in [-0.4, -0.2) is 14.3 Å². The molecule has 0 atom stereocenters. The monoisotopic (exact) mass is 392 g/mol. The largest absolute Gasteiger partial charge is 0.379 e. The molecule has 0 heterocycles. The van der Waals surface area contributed by atoms with Crippen LogP contribution in [-0.2, 0) is 10.1 Å². The summed E-state index contributed by atoms with van der Waals surface area (Å²) < 4.78 is 29.9. The van der Waals surface area contributed by atoms with Crippen molar-refractivity contribution < 1.29 is 17.4 Å². The zero-order valence-corrected chi connectivity index (χ0v) is 15.7. The SMILES string of the molecule is Cc1cccc(C(=O)Nc2ccc(S(=O)(=O)Oc3cccc(C#N)c3)cc2)c1. The van der Waals surface area contributed by atoms with Gasteiger partial charge in [0.15, 0.2) is 0 Å². The van der Waals surface area contributed by atoms with E-state index in [0.717, 1.165) is 5.56 Å². The molecule has 3 aromatic carbocycles. The van der Waals surface area contributed by atoms with Crippen LogP contribution in [0.15, 0.2) is 77.7 Å². The number of carbonyl (C=O) groups is 1. The van der Waals surface area contributed by atoms with Crippen molar-refractivity contribution in [3.63, 3.8) is 0 Å². The van der Waals surface area contributed by atoms with Crippen LogP contribution < -0.4 is 9.50 Å². The van der Waals surface area contributed by atoms with E-state index in [9.17, 15) is 13.2 Å². The molecule has 0 aliphatic rings. The molecular weight excluding hydrogens is 376 g/mol. The van der Waals surface area contributed by atoms with Crippen LogP contribution >= 0.6 is 0 Å². The van der Waals surface area contributed by atoms with E-state index in [0.29, 0.717) is 16.8 Å². The average Bonchev–Trinajstić information content (AvgIpc) is 2.68. The molecule has 0 radical (unpaired) electrons. The summed E-state index contributed by atoms with van der Waals surface area (Å²) in [6.07, 6.45) is 0. The average molecular weight is 392 g/mol. The fourth-order valence-electron chi connectivity index (χ4n) is 2.49. The lowest BCUT2D eigenvalue weighted by Crippen LogP contribution is -2.13. The third-order valence-electron chi connectivity index (χ3n) is 3.85. The number of aryl methyl sites for hydroxylation is 1. The summed E-state index contributed by atoms with van der Waals surface area (Å²) in [4.78, 5) is 12.2. The van der Waals surface area contributed by atoms with Crippen LogP contribution in [0, 0.1) is 18.3 Å². The summed E-state index contributed by atoms with van der Waals surface area (Å²) in [7, 11) is -4.06. The number of hydrogen-bond donors (Lipinski definition) is 1. The van der Waals surface area contributed by atoms with Gasteiger partial charge in [-0.2, -0.15) is 13.7 Å². The van der Waals surface area contributed by atoms with E-state index >= 15 is 0 Å². The number of nitrogens with zero attached hydrogens (tertiary/aromatic N) is 1. The predicted molar refractivity (Wildman–Crippen MR) is 105 cm³/mol. The number of amides is 1. The van der Waals surface area contributed by atoms with E-state index in [4.69, 9.17) is 9.44 Å². The summed E-state index contributed by atoms with van der Waals surface area (Å²) in [5.41, 5.74) is 2.22. The molecule has 1 N–H and O–H groups in total. The Morgan fingerprint density at radius 2 is 1.71 bits per heavy atom. The summed E-state index contributed by atoms with van der Waals surface area (Å²) in [5, 5.41) is 11.6. The van der Waals surface area contributed by atoms with Gasteiger partial charge in [0, 0.05) is 11.3 Å². The molecule has 0 spiro atoms. The van der Waals surface area contributed by atoms with Crippen molar-refractivity contribution in [3.05, 3.63) is 89.5 Å². The lowest BCUT2D eigenvalue weighted by atomic mass is 10.1. The Morgan fingerprint density at radius 3 is 2.39 bits per heavy atom. The second-order valence-electron chi connectivity index (χ2n) is 6.03. The molecule has 0 aliphatic carbocycles. The predicted octanol–water partition coefficient (Wildman–Crippen LogP) is 3.89. The van der Waals surface area contributed by atoms with E-state index in [1.54, 1.807) is 24.3 Å². The van der Waals surface area contributed by atoms with Gasteiger partial charge in [-0.05, 0) is 61.5 Å². The van der Waals surface area contributed by atoms with E-state index in [1.165, 1.54) is 42.5 Å².